The normalized spacial score (nSPS) is 17.0. The summed E-state index contributed by atoms with van der Waals surface area (Å²) in [5, 5.41) is 11.0. The molecule has 6 nitrogen and oxygen atoms in total. The second-order valence-corrected chi connectivity index (χ2v) is 7.09. The summed E-state index contributed by atoms with van der Waals surface area (Å²) in [6.07, 6.45) is 3.66. The number of amides is 1. The standard InChI is InChI=1S/C20H21F2N5O/c1-13(20(28)23-17-12-15(21)5-6-16(17)22)26-10-7-14(8-11-26)19-25-24-18-4-2-3-9-27(18)19/h2-6,9,12-14H,7-8,10-11H2,1H3,(H,23,28). The van der Waals surface area contributed by atoms with Crippen molar-refractivity contribution in [2.45, 2.75) is 31.7 Å². The van der Waals surface area contributed by atoms with Crippen LogP contribution in [0.1, 0.15) is 31.5 Å². The van der Waals surface area contributed by atoms with Gasteiger partial charge in [0.15, 0.2) is 5.65 Å². The second kappa shape index (κ2) is 7.63. The topological polar surface area (TPSA) is 62.5 Å². The fourth-order valence-corrected chi connectivity index (χ4v) is 3.68. The van der Waals surface area contributed by atoms with E-state index < -0.39 is 17.7 Å². The molecule has 3 heterocycles. The lowest BCUT2D eigenvalue weighted by Crippen LogP contribution is -2.46. The molecule has 8 heteroatoms. The molecule has 1 saturated heterocycles. The lowest BCUT2D eigenvalue weighted by molar-refractivity contribution is -0.121. The van der Waals surface area contributed by atoms with Gasteiger partial charge in [0.05, 0.1) is 11.7 Å². The number of hydrogen-bond acceptors (Lipinski definition) is 4. The fourth-order valence-electron chi connectivity index (χ4n) is 3.68. The van der Waals surface area contributed by atoms with E-state index in [0.717, 1.165) is 42.5 Å². The minimum absolute atomic E-state index is 0.137. The van der Waals surface area contributed by atoms with Gasteiger partial charge in [-0.1, -0.05) is 6.07 Å². The molecule has 1 aliphatic rings. The van der Waals surface area contributed by atoms with Crippen LogP contribution in [0, 0.1) is 11.6 Å². The monoisotopic (exact) mass is 385 g/mol. The summed E-state index contributed by atoms with van der Waals surface area (Å²) in [5.41, 5.74) is 0.687. The molecular weight excluding hydrogens is 364 g/mol. The Bertz CT molecular complexity index is 997. The van der Waals surface area contributed by atoms with Crippen LogP contribution in [-0.4, -0.2) is 44.5 Å². The Morgan fingerprint density at radius 3 is 2.75 bits per heavy atom. The number of aromatic nitrogens is 3. The Morgan fingerprint density at radius 1 is 1.18 bits per heavy atom. The number of hydrogen-bond donors (Lipinski definition) is 1. The molecule has 0 radical (unpaired) electrons. The van der Waals surface area contributed by atoms with Gasteiger partial charge in [0.1, 0.15) is 17.5 Å². The van der Waals surface area contributed by atoms with Crippen LogP contribution in [0.5, 0.6) is 0 Å². The first-order valence-corrected chi connectivity index (χ1v) is 9.32. The molecule has 146 valence electrons. The zero-order chi connectivity index (χ0) is 19.7. The average Bonchev–Trinajstić information content (AvgIpc) is 3.14. The highest BCUT2D eigenvalue weighted by atomic mass is 19.1. The van der Waals surface area contributed by atoms with Gasteiger partial charge in [-0.2, -0.15) is 0 Å². The maximum Gasteiger partial charge on any atom is 0.241 e. The Hall–Kier alpha value is -2.87. The predicted octanol–water partition coefficient (Wildman–Crippen LogP) is 3.21. The summed E-state index contributed by atoms with van der Waals surface area (Å²) in [6.45, 7) is 3.21. The predicted molar refractivity (Wildman–Crippen MR) is 101 cm³/mol. The van der Waals surface area contributed by atoms with Crippen molar-refractivity contribution in [2.24, 2.45) is 0 Å². The van der Waals surface area contributed by atoms with E-state index in [4.69, 9.17) is 0 Å². The van der Waals surface area contributed by atoms with Crippen molar-refractivity contribution in [2.75, 3.05) is 18.4 Å². The van der Waals surface area contributed by atoms with Gasteiger partial charge in [-0.3, -0.25) is 14.1 Å². The van der Waals surface area contributed by atoms with Crippen molar-refractivity contribution in [3.05, 3.63) is 60.1 Å². The van der Waals surface area contributed by atoms with Crippen LogP contribution in [0.2, 0.25) is 0 Å². The van der Waals surface area contributed by atoms with Gasteiger partial charge in [-0.05, 0) is 57.1 Å². The first-order valence-electron chi connectivity index (χ1n) is 9.32. The molecule has 4 rings (SSSR count). The van der Waals surface area contributed by atoms with Crippen molar-refractivity contribution in [1.82, 2.24) is 19.5 Å². The van der Waals surface area contributed by atoms with Gasteiger partial charge in [0.2, 0.25) is 5.91 Å². The number of nitrogens with zero attached hydrogens (tertiary/aromatic N) is 4. The molecule has 0 bridgehead atoms. The summed E-state index contributed by atoms with van der Waals surface area (Å²) in [5.74, 6) is -0.389. The summed E-state index contributed by atoms with van der Waals surface area (Å²) in [7, 11) is 0. The zero-order valence-electron chi connectivity index (χ0n) is 15.5. The van der Waals surface area contributed by atoms with Crippen LogP contribution in [0.4, 0.5) is 14.5 Å². The SMILES string of the molecule is CC(C(=O)Nc1cc(F)ccc1F)N1CCC(c2nnc3ccccn23)CC1. The quantitative estimate of drug-likeness (QED) is 0.749. The van der Waals surface area contributed by atoms with Crippen LogP contribution in [0.25, 0.3) is 5.65 Å². The van der Waals surface area contributed by atoms with Crippen LogP contribution >= 0.6 is 0 Å². The van der Waals surface area contributed by atoms with E-state index in [1.165, 1.54) is 0 Å². The smallest absolute Gasteiger partial charge is 0.241 e. The molecule has 3 aromatic rings. The Morgan fingerprint density at radius 2 is 1.96 bits per heavy atom. The molecule has 0 aliphatic carbocycles. The van der Waals surface area contributed by atoms with Crippen molar-refractivity contribution in [3.63, 3.8) is 0 Å². The number of halogens is 2. The molecule has 28 heavy (non-hydrogen) atoms. The maximum atomic E-state index is 13.8. The molecule has 2 aromatic heterocycles. The van der Waals surface area contributed by atoms with Gasteiger partial charge in [-0.25, -0.2) is 8.78 Å². The van der Waals surface area contributed by atoms with E-state index in [1.54, 1.807) is 6.92 Å². The van der Waals surface area contributed by atoms with Crippen molar-refractivity contribution >= 4 is 17.2 Å². The first-order chi connectivity index (χ1) is 13.5. The van der Waals surface area contributed by atoms with E-state index in [2.05, 4.69) is 15.5 Å². The van der Waals surface area contributed by atoms with Crippen molar-refractivity contribution in [1.29, 1.82) is 0 Å². The number of benzene rings is 1. The largest absolute Gasteiger partial charge is 0.322 e. The summed E-state index contributed by atoms with van der Waals surface area (Å²) >= 11 is 0. The van der Waals surface area contributed by atoms with Crippen molar-refractivity contribution < 1.29 is 13.6 Å². The summed E-state index contributed by atoms with van der Waals surface area (Å²) in [6, 6.07) is 8.37. The Kier molecular flexibility index (Phi) is 5.04. The number of anilines is 1. The minimum atomic E-state index is -0.653. The molecular formula is C20H21F2N5O. The van der Waals surface area contributed by atoms with E-state index in [0.29, 0.717) is 13.1 Å². The highest BCUT2D eigenvalue weighted by molar-refractivity contribution is 5.94. The molecule has 1 amide bonds. The van der Waals surface area contributed by atoms with E-state index in [9.17, 15) is 13.6 Å². The van der Waals surface area contributed by atoms with E-state index in [1.807, 2.05) is 33.7 Å². The lowest BCUT2D eigenvalue weighted by atomic mass is 9.95. The summed E-state index contributed by atoms with van der Waals surface area (Å²) < 4.78 is 29.1. The highest BCUT2D eigenvalue weighted by Gasteiger charge is 2.29. The number of carbonyl (C=O) groups is 1. The van der Waals surface area contributed by atoms with Gasteiger partial charge >= 0.3 is 0 Å². The Labute approximate surface area is 161 Å². The fraction of sp³-hybridized carbons (Fsp3) is 0.350. The molecule has 1 unspecified atom stereocenters. The Balaban J connectivity index is 1.39. The van der Waals surface area contributed by atoms with Gasteiger partial charge in [0, 0.05) is 18.2 Å². The van der Waals surface area contributed by atoms with Crippen LogP contribution in [-0.2, 0) is 4.79 Å². The third-order valence-corrected chi connectivity index (χ3v) is 5.35. The summed E-state index contributed by atoms with van der Waals surface area (Å²) in [4.78, 5) is 14.5. The number of pyridine rings is 1. The van der Waals surface area contributed by atoms with Crippen LogP contribution in [0.15, 0.2) is 42.6 Å². The maximum absolute atomic E-state index is 13.8. The van der Waals surface area contributed by atoms with Crippen LogP contribution in [0.3, 0.4) is 0 Å². The molecule has 0 spiro atoms. The van der Waals surface area contributed by atoms with E-state index >= 15 is 0 Å². The number of piperidine rings is 1. The zero-order valence-corrected chi connectivity index (χ0v) is 15.5. The van der Waals surface area contributed by atoms with Gasteiger partial charge in [-0.15, -0.1) is 10.2 Å². The first kappa shape index (κ1) is 18.5. The molecule has 1 fully saturated rings. The highest BCUT2D eigenvalue weighted by Crippen LogP contribution is 2.28. The van der Waals surface area contributed by atoms with Crippen LogP contribution < -0.4 is 5.32 Å². The second-order valence-electron chi connectivity index (χ2n) is 7.09. The number of rotatable bonds is 4. The van der Waals surface area contributed by atoms with E-state index in [-0.39, 0.29) is 17.5 Å². The number of nitrogens with one attached hydrogen (secondary N) is 1. The number of carbonyl (C=O) groups excluding carboxylic acids is 1. The molecule has 0 saturated carbocycles. The number of likely N-dealkylation sites (tertiary alicyclic amines) is 1. The van der Waals surface area contributed by atoms with Crippen molar-refractivity contribution in [3.8, 4) is 0 Å². The average molecular weight is 385 g/mol. The molecule has 1 aliphatic heterocycles. The van der Waals surface area contributed by atoms with Gasteiger partial charge in [0.25, 0.3) is 0 Å². The molecule has 1 N–H and O–H groups in total. The number of fused-ring (bicyclic) bond motifs is 1. The third kappa shape index (κ3) is 3.60. The minimum Gasteiger partial charge on any atom is -0.322 e. The molecule has 1 aromatic carbocycles. The lowest BCUT2D eigenvalue weighted by Gasteiger charge is -2.34. The third-order valence-electron chi connectivity index (χ3n) is 5.35. The molecule has 1 atom stereocenters. The van der Waals surface area contributed by atoms with Gasteiger partial charge < -0.3 is 5.32 Å².